The lowest BCUT2D eigenvalue weighted by Crippen LogP contribution is -2.14. The van der Waals surface area contributed by atoms with Gasteiger partial charge in [-0.1, -0.05) is 24.3 Å². The largest absolute Gasteiger partial charge is 0.496 e. The van der Waals surface area contributed by atoms with Gasteiger partial charge in [-0.25, -0.2) is 27.3 Å². The van der Waals surface area contributed by atoms with Gasteiger partial charge < -0.3 is 10.1 Å². The standard InChI is InChI=1S/C23H23F3N4O2S/c1-13(15-4-3-5-16(21(15)24)22(25)26)30-23-18-10-17(14-6-8-33(27,31)9-7-14)20(32-2)11-19(18)28-12-29-23/h3-6,10-13,22,27H,7-9H2,1-2H3,(H,28,29,30)/t13-,33?/m1/s1. The average molecular weight is 477 g/mol. The fraction of sp³-hybridized carbons (Fsp3) is 0.304. The molecule has 3 aromatic rings. The van der Waals surface area contributed by atoms with E-state index in [4.69, 9.17) is 9.52 Å². The van der Waals surface area contributed by atoms with Crippen LogP contribution in [0.1, 0.15) is 42.5 Å². The van der Waals surface area contributed by atoms with E-state index in [2.05, 4.69) is 15.3 Å². The predicted molar refractivity (Wildman–Crippen MR) is 123 cm³/mol. The third-order valence-corrected chi connectivity index (χ3v) is 7.28. The lowest BCUT2D eigenvalue weighted by Gasteiger charge is -2.20. The molecule has 6 nitrogen and oxygen atoms in total. The fourth-order valence-electron chi connectivity index (χ4n) is 3.91. The van der Waals surface area contributed by atoms with Crippen molar-refractivity contribution in [2.24, 2.45) is 0 Å². The molecular weight excluding hydrogens is 453 g/mol. The molecule has 0 amide bonds. The number of alkyl halides is 2. The van der Waals surface area contributed by atoms with Crippen molar-refractivity contribution in [3.8, 4) is 5.75 Å². The van der Waals surface area contributed by atoms with Gasteiger partial charge in [0.1, 0.15) is 23.7 Å². The summed E-state index contributed by atoms with van der Waals surface area (Å²) in [6.45, 7) is 1.67. The molecule has 2 aromatic carbocycles. The maximum Gasteiger partial charge on any atom is 0.266 e. The summed E-state index contributed by atoms with van der Waals surface area (Å²) in [5.74, 6) is 0.503. The highest BCUT2D eigenvalue weighted by Crippen LogP contribution is 2.36. The van der Waals surface area contributed by atoms with E-state index in [9.17, 15) is 17.4 Å². The first-order valence-corrected chi connectivity index (χ1v) is 12.2. The quantitative estimate of drug-likeness (QED) is 0.475. The van der Waals surface area contributed by atoms with Crippen LogP contribution in [0.5, 0.6) is 5.75 Å². The molecule has 0 saturated carbocycles. The van der Waals surface area contributed by atoms with Crippen molar-refractivity contribution in [1.82, 2.24) is 9.97 Å². The van der Waals surface area contributed by atoms with Crippen LogP contribution in [0, 0.1) is 10.6 Å². The molecule has 1 aliphatic rings. The first kappa shape index (κ1) is 23.0. The van der Waals surface area contributed by atoms with E-state index < -0.39 is 33.6 Å². The zero-order valence-electron chi connectivity index (χ0n) is 18.1. The molecular formula is C23H23F3N4O2S. The first-order chi connectivity index (χ1) is 15.7. The molecule has 2 N–H and O–H groups in total. The van der Waals surface area contributed by atoms with E-state index in [1.165, 1.54) is 18.5 Å². The first-order valence-electron chi connectivity index (χ1n) is 10.3. The summed E-state index contributed by atoms with van der Waals surface area (Å²) in [6, 6.07) is 6.89. The molecule has 0 bridgehead atoms. The minimum absolute atomic E-state index is 0.105. The van der Waals surface area contributed by atoms with Gasteiger partial charge in [0.2, 0.25) is 0 Å². The molecule has 0 radical (unpaired) electrons. The van der Waals surface area contributed by atoms with Gasteiger partial charge in [-0.05, 0) is 25.0 Å². The molecule has 10 heteroatoms. The maximum absolute atomic E-state index is 14.6. The molecule has 1 aromatic heterocycles. The van der Waals surface area contributed by atoms with Gasteiger partial charge in [-0.3, -0.25) is 4.78 Å². The summed E-state index contributed by atoms with van der Waals surface area (Å²) < 4.78 is 66.3. The van der Waals surface area contributed by atoms with Crippen LogP contribution in [-0.4, -0.2) is 32.8 Å². The SMILES string of the molecule is COc1cc2ncnc(N[C@H](C)c3cccc(C(F)F)c3F)c2cc1C1=CCS(=N)(=O)CC1. The zero-order chi connectivity index (χ0) is 23.8. The summed E-state index contributed by atoms with van der Waals surface area (Å²) in [6.07, 6.45) is 0.724. The second-order valence-electron chi connectivity index (χ2n) is 7.87. The molecule has 4 rings (SSSR count). The van der Waals surface area contributed by atoms with E-state index >= 15 is 0 Å². The van der Waals surface area contributed by atoms with Crippen molar-refractivity contribution in [2.75, 3.05) is 23.9 Å². The van der Waals surface area contributed by atoms with Crippen LogP contribution in [0.15, 0.2) is 42.7 Å². The number of allylic oxidation sites excluding steroid dienone is 1. The number of anilines is 1. The van der Waals surface area contributed by atoms with Crippen LogP contribution >= 0.6 is 0 Å². The summed E-state index contributed by atoms with van der Waals surface area (Å²) >= 11 is 0. The lowest BCUT2D eigenvalue weighted by molar-refractivity contribution is 0.146. The maximum atomic E-state index is 14.6. The van der Waals surface area contributed by atoms with Gasteiger partial charge in [0.15, 0.2) is 0 Å². The number of halogens is 3. The minimum Gasteiger partial charge on any atom is -0.496 e. The van der Waals surface area contributed by atoms with Crippen LogP contribution in [0.4, 0.5) is 19.0 Å². The van der Waals surface area contributed by atoms with Crippen molar-refractivity contribution in [2.45, 2.75) is 25.8 Å². The number of fused-ring (bicyclic) bond motifs is 1. The second-order valence-corrected chi connectivity index (χ2v) is 10.2. The molecule has 0 aliphatic carbocycles. The van der Waals surface area contributed by atoms with E-state index in [1.54, 1.807) is 26.2 Å². The Hall–Kier alpha value is -3.14. The van der Waals surface area contributed by atoms with Crippen molar-refractivity contribution >= 4 is 32.0 Å². The molecule has 1 unspecified atom stereocenters. The molecule has 2 atom stereocenters. The van der Waals surface area contributed by atoms with Crippen LogP contribution in [0.2, 0.25) is 0 Å². The number of benzene rings is 2. The van der Waals surface area contributed by atoms with E-state index in [0.29, 0.717) is 28.9 Å². The van der Waals surface area contributed by atoms with Crippen LogP contribution in [0.25, 0.3) is 16.5 Å². The van der Waals surface area contributed by atoms with E-state index in [-0.39, 0.29) is 17.1 Å². The monoisotopic (exact) mass is 476 g/mol. The third kappa shape index (κ3) is 4.66. The van der Waals surface area contributed by atoms with Crippen LogP contribution < -0.4 is 10.1 Å². The van der Waals surface area contributed by atoms with E-state index in [0.717, 1.165) is 17.2 Å². The summed E-state index contributed by atoms with van der Waals surface area (Å²) in [5, 5.41) is 3.76. The molecule has 0 fully saturated rings. The number of aromatic nitrogens is 2. The number of nitrogens with zero attached hydrogens (tertiary/aromatic N) is 2. The van der Waals surface area contributed by atoms with Crippen LogP contribution in [-0.2, 0) is 9.73 Å². The average Bonchev–Trinajstić information content (AvgIpc) is 2.78. The summed E-state index contributed by atoms with van der Waals surface area (Å²) in [5.41, 5.74) is 1.74. The highest BCUT2D eigenvalue weighted by Gasteiger charge is 2.22. The number of methoxy groups -OCH3 is 1. The van der Waals surface area contributed by atoms with Gasteiger partial charge in [0, 0.05) is 38.1 Å². The van der Waals surface area contributed by atoms with Crippen molar-refractivity contribution in [3.63, 3.8) is 0 Å². The number of ether oxygens (including phenoxy) is 1. The Kier molecular flexibility index (Phi) is 6.29. The highest BCUT2D eigenvalue weighted by molar-refractivity contribution is 7.92. The van der Waals surface area contributed by atoms with E-state index in [1.807, 2.05) is 6.07 Å². The van der Waals surface area contributed by atoms with Gasteiger partial charge in [-0.2, -0.15) is 0 Å². The topological polar surface area (TPSA) is 88.0 Å². The van der Waals surface area contributed by atoms with Crippen molar-refractivity contribution in [3.05, 3.63) is 65.2 Å². The Bertz CT molecular complexity index is 1340. The Balaban J connectivity index is 1.75. The lowest BCUT2D eigenvalue weighted by atomic mass is 9.99. The van der Waals surface area contributed by atoms with Gasteiger partial charge in [0.05, 0.1) is 30.0 Å². The third-order valence-electron chi connectivity index (χ3n) is 5.72. The number of hydrogen-bond donors (Lipinski definition) is 2. The normalized spacial score (nSPS) is 19.4. The van der Waals surface area contributed by atoms with Gasteiger partial charge in [-0.15, -0.1) is 0 Å². The number of hydrogen-bond acceptors (Lipinski definition) is 6. The molecule has 33 heavy (non-hydrogen) atoms. The fourth-order valence-corrected chi connectivity index (χ4v) is 5.10. The number of nitrogens with one attached hydrogen (secondary N) is 2. The smallest absolute Gasteiger partial charge is 0.266 e. The minimum atomic E-state index is -2.91. The second kappa shape index (κ2) is 9.01. The van der Waals surface area contributed by atoms with Crippen molar-refractivity contribution < 1.29 is 22.1 Å². The summed E-state index contributed by atoms with van der Waals surface area (Å²) in [7, 11) is -1.05. The Morgan fingerprint density at radius 2 is 1.97 bits per heavy atom. The molecule has 174 valence electrons. The number of rotatable bonds is 6. The molecule has 0 saturated heterocycles. The van der Waals surface area contributed by atoms with Gasteiger partial charge >= 0.3 is 0 Å². The zero-order valence-corrected chi connectivity index (χ0v) is 18.9. The highest BCUT2D eigenvalue weighted by atomic mass is 32.2. The molecule has 2 heterocycles. The summed E-state index contributed by atoms with van der Waals surface area (Å²) in [4.78, 5) is 8.59. The van der Waals surface area contributed by atoms with Crippen LogP contribution in [0.3, 0.4) is 0 Å². The molecule has 0 spiro atoms. The molecule has 1 aliphatic heterocycles. The van der Waals surface area contributed by atoms with Gasteiger partial charge in [0.25, 0.3) is 6.43 Å². The Morgan fingerprint density at radius 1 is 1.21 bits per heavy atom. The van der Waals surface area contributed by atoms with Crippen molar-refractivity contribution in [1.29, 1.82) is 4.78 Å². The Morgan fingerprint density at radius 3 is 2.64 bits per heavy atom. The predicted octanol–water partition coefficient (Wildman–Crippen LogP) is 5.72. The Labute approximate surface area is 189 Å².